The van der Waals surface area contributed by atoms with Crippen LogP contribution in [0.25, 0.3) is 22.0 Å². The maximum atomic E-state index is 12.6. The predicted molar refractivity (Wildman–Crippen MR) is 131 cm³/mol. The molecule has 3 aromatic rings. The lowest BCUT2D eigenvalue weighted by Gasteiger charge is -2.19. The van der Waals surface area contributed by atoms with E-state index in [1.54, 1.807) is 63.4 Å². The molecule has 0 aliphatic carbocycles. The summed E-state index contributed by atoms with van der Waals surface area (Å²) in [5, 5.41) is 27.7. The summed E-state index contributed by atoms with van der Waals surface area (Å²) in [6.07, 6.45) is 1.15. The van der Waals surface area contributed by atoms with E-state index in [1.165, 1.54) is 0 Å². The van der Waals surface area contributed by atoms with Gasteiger partial charge < -0.3 is 25.6 Å². The van der Waals surface area contributed by atoms with E-state index in [2.05, 4.69) is 15.6 Å². The van der Waals surface area contributed by atoms with Gasteiger partial charge in [-0.15, -0.1) is 0 Å². The number of fused-ring (bicyclic) bond motifs is 1. The van der Waals surface area contributed by atoms with Crippen LogP contribution in [0.1, 0.15) is 56.5 Å². The fourth-order valence-electron chi connectivity index (χ4n) is 3.56. The SMILES string of the molecule is CC(C)c1c(O)cc(-c2cc3cc(C(=O)NCCNC(=O)OC(C)(C)C)ccc3cn2)cc1O. The highest BCUT2D eigenvalue weighted by Crippen LogP contribution is 2.38. The fraction of sp³-hybridized carbons (Fsp3) is 0.346. The second-order valence-corrected chi connectivity index (χ2v) is 9.40. The number of alkyl carbamates (subject to hydrolysis) is 1. The predicted octanol–water partition coefficient (Wildman–Crippen LogP) is 4.69. The van der Waals surface area contributed by atoms with Gasteiger partial charge in [0.1, 0.15) is 17.1 Å². The maximum absolute atomic E-state index is 12.6. The van der Waals surface area contributed by atoms with Crippen molar-refractivity contribution in [3.8, 4) is 22.8 Å². The number of aromatic nitrogens is 1. The van der Waals surface area contributed by atoms with Crippen LogP contribution in [0.5, 0.6) is 11.5 Å². The van der Waals surface area contributed by atoms with Crippen LogP contribution in [0.15, 0.2) is 42.6 Å². The molecule has 0 fully saturated rings. The minimum atomic E-state index is -0.583. The molecular weight excluding hydrogens is 434 g/mol. The largest absolute Gasteiger partial charge is 0.507 e. The van der Waals surface area contributed by atoms with Crippen molar-refractivity contribution in [2.75, 3.05) is 13.1 Å². The molecule has 8 heteroatoms. The van der Waals surface area contributed by atoms with Gasteiger partial charge in [0, 0.05) is 41.4 Å². The molecule has 1 aromatic heterocycles. The van der Waals surface area contributed by atoms with Gasteiger partial charge >= 0.3 is 6.09 Å². The molecule has 0 saturated heterocycles. The number of carbonyl (C=O) groups is 2. The molecule has 0 radical (unpaired) electrons. The van der Waals surface area contributed by atoms with Crippen molar-refractivity contribution in [2.24, 2.45) is 0 Å². The van der Waals surface area contributed by atoms with Crippen LogP contribution < -0.4 is 10.6 Å². The van der Waals surface area contributed by atoms with Crippen molar-refractivity contribution >= 4 is 22.8 Å². The standard InChI is InChI=1S/C26H31N3O5/c1-15(2)23-21(30)12-19(13-22(23)31)20-11-18-10-16(6-7-17(18)14-29-20)24(32)27-8-9-28-25(33)34-26(3,4)5/h6-7,10-15,30-31H,8-9H2,1-5H3,(H,27,32)(H,28,33). The zero-order chi connectivity index (χ0) is 25.0. The number of rotatable bonds is 6. The number of aromatic hydroxyl groups is 2. The number of hydrogen-bond acceptors (Lipinski definition) is 6. The number of benzene rings is 2. The minimum absolute atomic E-state index is 0.0139. The molecule has 2 aromatic carbocycles. The Labute approximate surface area is 199 Å². The van der Waals surface area contributed by atoms with Crippen molar-refractivity contribution in [1.82, 2.24) is 15.6 Å². The van der Waals surface area contributed by atoms with Crippen LogP contribution in [-0.4, -0.2) is 45.9 Å². The van der Waals surface area contributed by atoms with E-state index in [-0.39, 0.29) is 36.4 Å². The van der Waals surface area contributed by atoms with E-state index in [4.69, 9.17) is 4.74 Å². The second kappa shape index (κ2) is 9.99. The molecule has 0 saturated carbocycles. The van der Waals surface area contributed by atoms with Crippen LogP contribution in [0.3, 0.4) is 0 Å². The Morgan fingerprint density at radius 1 is 0.971 bits per heavy atom. The van der Waals surface area contributed by atoms with Gasteiger partial charge in [0.05, 0.1) is 5.69 Å². The third-order valence-corrected chi connectivity index (χ3v) is 5.07. The quantitative estimate of drug-likeness (QED) is 0.392. The van der Waals surface area contributed by atoms with Gasteiger partial charge in [-0.05, 0) is 62.4 Å². The van der Waals surface area contributed by atoms with Gasteiger partial charge in [-0.3, -0.25) is 9.78 Å². The Morgan fingerprint density at radius 2 is 1.62 bits per heavy atom. The van der Waals surface area contributed by atoms with Crippen LogP contribution in [0.2, 0.25) is 0 Å². The first-order valence-electron chi connectivity index (χ1n) is 11.2. The van der Waals surface area contributed by atoms with Gasteiger partial charge in [-0.25, -0.2) is 4.79 Å². The van der Waals surface area contributed by atoms with Crippen molar-refractivity contribution in [3.63, 3.8) is 0 Å². The van der Waals surface area contributed by atoms with E-state index >= 15 is 0 Å². The van der Waals surface area contributed by atoms with E-state index in [0.29, 0.717) is 22.4 Å². The smallest absolute Gasteiger partial charge is 0.407 e. The first kappa shape index (κ1) is 24.8. The van der Waals surface area contributed by atoms with Crippen molar-refractivity contribution in [3.05, 3.63) is 53.7 Å². The lowest BCUT2D eigenvalue weighted by molar-refractivity contribution is 0.0526. The summed E-state index contributed by atoms with van der Waals surface area (Å²) in [4.78, 5) is 28.7. The Bertz CT molecular complexity index is 1190. The van der Waals surface area contributed by atoms with Crippen molar-refractivity contribution in [1.29, 1.82) is 0 Å². The first-order chi connectivity index (χ1) is 15.9. The van der Waals surface area contributed by atoms with Crippen molar-refractivity contribution in [2.45, 2.75) is 46.1 Å². The van der Waals surface area contributed by atoms with E-state index < -0.39 is 11.7 Å². The summed E-state index contributed by atoms with van der Waals surface area (Å²) in [6.45, 7) is 9.61. The zero-order valence-electron chi connectivity index (χ0n) is 20.1. The molecule has 0 aliphatic rings. The number of nitrogens with one attached hydrogen (secondary N) is 2. The Balaban J connectivity index is 1.72. The highest BCUT2D eigenvalue weighted by Gasteiger charge is 2.16. The highest BCUT2D eigenvalue weighted by atomic mass is 16.6. The summed E-state index contributed by atoms with van der Waals surface area (Å²) >= 11 is 0. The van der Waals surface area contributed by atoms with Crippen LogP contribution in [0.4, 0.5) is 4.79 Å². The van der Waals surface area contributed by atoms with Gasteiger partial charge in [0.2, 0.25) is 0 Å². The first-order valence-corrected chi connectivity index (χ1v) is 11.2. The lowest BCUT2D eigenvalue weighted by Crippen LogP contribution is -2.37. The molecule has 4 N–H and O–H groups in total. The third-order valence-electron chi connectivity index (χ3n) is 5.07. The van der Waals surface area contributed by atoms with Gasteiger partial charge in [-0.2, -0.15) is 0 Å². The Hall–Kier alpha value is -3.81. The number of pyridine rings is 1. The van der Waals surface area contributed by atoms with Gasteiger partial charge in [0.25, 0.3) is 5.91 Å². The van der Waals surface area contributed by atoms with Crippen molar-refractivity contribution < 1.29 is 24.5 Å². The number of hydrogen-bond donors (Lipinski definition) is 4. The number of nitrogens with zero attached hydrogens (tertiary/aromatic N) is 1. The summed E-state index contributed by atoms with van der Waals surface area (Å²) in [5.41, 5.74) is 1.50. The number of phenols is 2. The molecular formula is C26H31N3O5. The Morgan fingerprint density at radius 3 is 2.24 bits per heavy atom. The third kappa shape index (κ3) is 6.15. The van der Waals surface area contributed by atoms with E-state index in [1.807, 2.05) is 13.8 Å². The van der Waals surface area contributed by atoms with Crippen LogP contribution in [-0.2, 0) is 4.74 Å². The molecule has 0 aliphatic heterocycles. The zero-order valence-corrected chi connectivity index (χ0v) is 20.1. The van der Waals surface area contributed by atoms with Crippen LogP contribution >= 0.6 is 0 Å². The molecule has 0 spiro atoms. The topological polar surface area (TPSA) is 121 Å². The number of carbonyl (C=O) groups excluding carboxylic acids is 2. The molecule has 8 nitrogen and oxygen atoms in total. The van der Waals surface area contributed by atoms with E-state index in [9.17, 15) is 19.8 Å². The summed E-state index contributed by atoms with van der Waals surface area (Å²) in [5.74, 6) is -0.276. The average molecular weight is 466 g/mol. The number of phenolic OH excluding ortho intramolecular Hbond substituents is 2. The molecule has 0 bridgehead atoms. The van der Waals surface area contributed by atoms with Crippen LogP contribution in [0, 0.1) is 0 Å². The molecule has 3 rings (SSSR count). The highest BCUT2D eigenvalue weighted by molar-refractivity contribution is 5.99. The average Bonchev–Trinajstić information content (AvgIpc) is 2.73. The fourth-order valence-corrected chi connectivity index (χ4v) is 3.56. The number of ether oxygens (including phenoxy) is 1. The second-order valence-electron chi connectivity index (χ2n) is 9.40. The molecule has 2 amide bonds. The maximum Gasteiger partial charge on any atom is 0.407 e. The summed E-state index contributed by atoms with van der Waals surface area (Å²) in [6, 6.07) is 10.2. The molecule has 0 atom stereocenters. The minimum Gasteiger partial charge on any atom is -0.507 e. The molecule has 180 valence electrons. The van der Waals surface area contributed by atoms with E-state index in [0.717, 1.165) is 10.8 Å². The summed E-state index contributed by atoms with van der Waals surface area (Å²) < 4.78 is 5.16. The Kier molecular flexibility index (Phi) is 7.29. The monoisotopic (exact) mass is 465 g/mol. The van der Waals surface area contributed by atoms with Gasteiger partial charge in [0.15, 0.2) is 0 Å². The lowest BCUT2D eigenvalue weighted by atomic mass is 9.97. The summed E-state index contributed by atoms with van der Waals surface area (Å²) in [7, 11) is 0. The van der Waals surface area contributed by atoms with Gasteiger partial charge in [-0.1, -0.05) is 19.9 Å². The number of amides is 2. The molecule has 34 heavy (non-hydrogen) atoms. The normalized spacial score (nSPS) is 11.5. The molecule has 0 unspecified atom stereocenters. The molecule has 1 heterocycles.